The van der Waals surface area contributed by atoms with Gasteiger partial charge in [-0.15, -0.1) is 0 Å². The van der Waals surface area contributed by atoms with Gasteiger partial charge < -0.3 is 19.7 Å². The van der Waals surface area contributed by atoms with Crippen molar-refractivity contribution in [2.24, 2.45) is 0 Å². The quantitative estimate of drug-likeness (QED) is 0.292. The van der Waals surface area contributed by atoms with E-state index in [0.717, 1.165) is 47.9 Å². The fraction of sp³-hybridized carbons (Fsp3) is 0.394. The molecule has 1 aliphatic carbocycles. The van der Waals surface area contributed by atoms with Gasteiger partial charge in [-0.3, -0.25) is 9.59 Å². The second-order valence-corrected chi connectivity index (χ2v) is 11.0. The van der Waals surface area contributed by atoms with Crippen molar-refractivity contribution < 1.29 is 19.1 Å². The number of carbonyl (C=O) groups excluding carboxylic acids is 2. The molecular weight excluding hydrogens is 524 g/mol. The van der Waals surface area contributed by atoms with Gasteiger partial charge in [-0.05, 0) is 73.2 Å². The first-order valence-electron chi connectivity index (χ1n) is 14.0. The van der Waals surface area contributed by atoms with E-state index in [1.807, 2.05) is 80.6 Å². The summed E-state index contributed by atoms with van der Waals surface area (Å²) in [5.74, 6) is 0.859. The lowest BCUT2D eigenvalue weighted by Gasteiger charge is -2.33. The Labute approximate surface area is 242 Å². The van der Waals surface area contributed by atoms with Gasteiger partial charge in [0, 0.05) is 24.0 Å². The molecule has 7 heteroatoms. The van der Waals surface area contributed by atoms with Crippen molar-refractivity contribution in [1.82, 2.24) is 10.2 Å². The first kappa shape index (κ1) is 29.5. The summed E-state index contributed by atoms with van der Waals surface area (Å²) in [4.78, 5) is 29.4. The normalized spacial score (nSPS) is 14.3. The number of benzene rings is 3. The predicted molar refractivity (Wildman–Crippen MR) is 159 cm³/mol. The van der Waals surface area contributed by atoms with Crippen LogP contribution in [0.1, 0.15) is 54.4 Å². The molecule has 1 saturated carbocycles. The highest BCUT2D eigenvalue weighted by Gasteiger charge is 2.32. The Morgan fingerprint density at radius 2 is 1.60 bits per heavy atom. The van der Waals surface area contributed by atoms with Crippen LogP contribution >= 0.6 is 11.6 Å². The molecule has 1 aliphatic rings. The minimum absolute atomic E-state index is 0.129. The molecule has 2 amide bonds. The van der Waals surface area contributed by atoms with E-state index in [0.29, 0.717) is 22.9 Å². The van der Waals surface area contributed by atoms with Crippen molar-refractivity contribution in [3.05, 3.63) is 94.0 Å². The second-order valence-electron chi connectivity index (χ2n) is 10.6. The topological polar surface area (TPSA) is 67.9 Å². The van der Waals surface area contributed by atoms with Crippen LogP contribution in [-0.4, -0.2) is 42.5 Å². The molecule has 212 valence electrons. The molecule has 0 heterocycles. The van der Waals surface area contributed by atoms with E-state index >= 15 is 0 Å². The van der Waals surface area contributed by atoms with Gasteiger partial charge in [0.1, 0.15) is 17.5 Å². The summed E-state index contributed by atoms with van der Waals surface area (Å²) in [6.45, 7) is 3.86. The highest BCUT2D eigenvalue weighted by Crippen LogP contribution is 2.26. The number of aryl methyl sites for hydroxylation is 2. The van der Waals surface area contributed by atoms with Gasteiger partial charge in [-0.1, -0.05) is 73.3 Å². The van der Waals surface area contributed by atoms with Crippen LogP contribution in [-0.2, 0) is 22.6 Å². The van der Waals surface area contributed by atoms with Crippen LogP contribution in [0.3, 0.4) is 0 Å². The smallest absolute Gasteiger partial charge is 0.261 e. The number of rotatable bonds is 11. The van der Waals surface area contributed by atoms with E-state index < -0.39 is 6.04 Å². The number of ether oxygens (including phenoxy) is 2. The summed E-state index contributed by atoms with van der Waals surface area (Å²) >= 11 is 6.33. The largest absolute Gasteiger partial charge is 0.497 e. The Bertz CT molecular complexity index is 1270. The average molecular weight is 563 g/mol. The van der Waals surface area contributed by atoms with Crippen LogP contribution in [0.5, 0.6) is 11.5 Å². The van der Waals surface area contributed by atoms with Gasteiger partial charge in [0.25, 0.3) is 5.91 Å². The van der Waals surface area contributed by atoms with Crippen LogP contribution in [0.4, 0.5) is 0 Å². The highest BCUT2D eigenvalue weighted by atomic mass is 35.5. The van der Waals surface area contributed by atoms with Crippen LogP contribution in [0.2, 0.25) is 5.02 Å². The minimum atomic E-state index is -0.708. The number of carbonyl (C=O) groups is 2. The Morgan fingerprint density at radius 3 is 2.27 bits per heavy atom. The van der Waals surface area contributed by atoms with Gasteiger partial charge in [0.2, 0.25) is 5.91 Å². The van der Waals surface area contributed by atoms with Crippen LogP contribution < -0.4 is 14.8 Å². The highest BCUT2D eigenvalue weighted by molar-refractivity contribution is 6.32. The molecule has 0 saturated heterocycles. The maximum Gasteiger partial charge on any atom is 0.261 e. The Kier molecular flexibility index (Phi) is 10.5. The molecule has 1 N–H and O–H groups in total. The SMILES string of the molecule is COc1cccc(CN(C(=O)COc2cc(C)c(Cl)c(C)c2)[C@H](Cc2ccccc2)C(=O)NC2CCCCC2)c1. The molecule has 1 fully saturated rings. The standard InChI is InChI=1S/C33H39ClN2O4/c1-23-17-29(18-24(2)32(23)34)40-22-31(37)36(21-26-13-10-16-28(19-26)39-3)30(20-25-11-6-4-7-12-25)33(38)35-27-14-8-5-9-15-27/h4,6-7,10-13,16-19,27,30H,5,8-9,14-15,20-22H2,1-3H3,(H,35,38)/t30-/m1/s1. The number of amides is 2. The lowest BCUT2D eigenvalue weighted by atomic mass is 9.94. The Balaban J connectivity index is 1.63. The summed E-state index contributed by atoms with van der Waals surface area (Å²) in [5, 5.41) is 3.95. The van der Waals surface area contributed by atoms with Crippen molar-refractivity contribution in [2.45, 2.75) is 71.0 Å². The van der Waals surface area contributed by atoms with Gasteiger partial charge in [-0.25, -0.2) is 0 Å². The fourth-order valence-corrected chi connectivity index (χ4v) is 5.39. The molecule has 0 aromatic heterocycles. The van der Waals surface area contributed by atoms with E-state index in [9.17, 15) is 9.59 Å². The van der Waals surface area contributed by atoms with Gasteiger partial charge >= 0.3 is 0 Å². The fourth-order valence-electron chi connectivity index (χ4n) is 5.28. The molecule has 40 heavy (non-hydrogen) atoms. The van der Waals surface area contributed by atoms with Crippen LogP contribution in [0, 0.1) is 13.8 Å². The number of hydrogen-bond acceptors (Lipinski definition) is 4. The first-order chi connectivity index (χ1) is 19.3. The number of hydrogen-bond donors (Lipinski definition) is 1. The first-order valence-corrected chi connectivity index (χ1v) is 14.4. The maximum atomic E-state index is 13.9. The third kappa shape index (κ3) is 8.01. The molecule has 0 aliphatic heterocycles. The summed E-state index contributed by atoms with van der Waals surface area (Å²) in [6, 6.07) is 20.5. The van der Waals surface area contributed by atoms with E-state index in [1.54, 1.807) is 12.0 Å². The minimum Gasteiger partial charge on any atom is -0.497 e. The molecular formula is C33H39ClN2O4. The second kappa shape index (κ2) is 14.2. The number of halogens is 1. The molecule has 0 bridgehead atoms. The van der Waals surface area contributed by atoms with E-state index in [2.05, 4.69) is 5.32 Å². The monoisotopic (exact) mass is 562 g/mol. The summed E-state index contributed by atoms with van der Waals surface area (Å²) < 4.78 is 11.4. The zero-order valence-electron chi connectivity index (χ0n) is 23.6. The lowest BCUT2D eigenvalue weighted by molar-refractivity contribution is -0.143. The maximum absolute atomic E-state index is 13.9. The van der Waals surface area contributed by atoms with Crippen molar-refractivity contribution >= 4 is 23.4 Å². The Hall–Kier alpha value is -3.51. The predicted octanol–water partition coefficient (Wildman–Crippen LogP) is 6.43. The Morgan fingerprint density at radius 1 is 0.925 bits per heavy atom. The number of nitrogens with one attached hydrogen (secondary N) is 1. The summed E-state index contributed by atoms with van der Waals surface area (Å²) in [7, 11) is 1.61. The van der Waals surface area contributed by atoms with E-state index in [-0.39, 0.29) is 31.0 Å². The van der Waals surface area contributed by atoms with E-state index in [4.69, 9.17) is 21.1 Å². The van der Waals surface area contributed by atoms with Crippen molar-refractivity contribution in [3.63, 3.8) is 0 Å². The average Bonchev–Trinajstić information content (AvgIpc) is 2.97. The van der Waals surface area contributed by atoms with Gasteiger partial charge in [-0.2, -0.15) is 0 Å². The molecule has 0 unspecified atom stereocenters. The van der Waals surface area contributed by atoms with Crippen molar-refractivity contribution in [2.75, 3.05) is 13.7 Å². The zero-order valence-corrected chi connectivity index (χ0v) is 24.4. The number of methoxy groups -OCH3 is 1. The summed E-state index contributed by atoms with van der Waals surface area (Å²) in [5.41, 5.74) is 3.62. The molecule has 6 nitrogen and oxygen atoms in total. The lowest BCUT2D eigenvalue weighted by Crippen LogP contribution is -2.53. The third-order valence-corrected chi connectivity index (χ3v) is 8.08. The molecule has 0 spiro atoms. The van der Waals surface area contributed by atoms with Crippen LogP contribution in [0.25, 0.3) is 0 Å². The molecule has 0 radical (unpaired) electrons. The number of nitrogens with zero attached hydrogens (tertiary/aromatic N) is 1. The van der Waals surface area contributed by atoms with Crippen LogP contribution in [0.15, 0.2) is 66.7 Å². The molecule has 3 aromatic carbocycles. The zero-order chi connectivity index (χ0) is 28.5. The summed E-state index contributed by atoms with van der Waals surface area (Å²) in [6.07, 6.45) is 5.73. The van der Waals surface area contributed by atoms with Gasteiger partial charge in [0.05, 0.1) is 7.11 Å². The van der Waals surface area contributed by atoms with E-state index in [1.165, 1.54) is 6.42 Å². The third-order valence-electron chi connectivity index (χ3n) is 7.48. The molecule has 1 atom stereocenters. The van der Waals surface area contributed by atoms with Crippen molar-refractivity contribution in [3.8, 4) is 11.5 Å². The molecule has 3 aromatic rings. The van der Waals surface area contributed by atoms with Crippen molar-refractivity contribution in [1.29, 1.82) is 0 Å². The molecule has 4 rings (SSSR count). The van der Waals surface area contributed by atoms with Gasteiger partial charge in [0.15, 0.2) is 6.61 Å².